The predicted molar refractivity (Wildman–Crippen MR) is 159 cm³/mol. The van der Waals surface area contributed by atoms with Gasteiger partial charge in [0.1, 0.15) is 0 Å². The number of amides is 1. The normalized spacial score (nSPS) is 23.8. The first-order valence-electron chi connectivity index (χ1n) is 15.5. The van der Waals surface area contributed by atoms with Gasteiger partial charge in [0.15, 0.2) is 12.1 Å². The van der Waals surface area contributed by atoms with Gasteiger partial charge in [0.05, 0.1) is 32.0 Å². The van der Waals surface area contributed by atoms with Crippen LogP contribution < -0.4 is 5.32 Å². The largest absolute Gasteiger partial charge is 0.481 e. The Balaban J connectivity index is 1.18. The van der Waals surface area contributed by atoms with Gasteiger partial charge in [-0.2, -0.15) is 0 Å². The molecule has 3 aliphatic heterocycles. The Kier molecular flexibility index (Phi) is 11.2. The number of anilines is 1. The van der Waals surface area contributed by atoms with Gasteiger partial charge in [0.25, 0.3) is 0 Å². The second-order valence-corrected chi connectivity index (χ2v) is 11.7. The maximum absolute atomic E-state index is 12.4. The summed E-state index contributed by atoms with van der Waals surface area (Å²) in [5, 5.41) is 21.2. The lowest BCUT2D eigenvalue weighted by atomic mass is 9.98. The highest BCUT2D eigenvalue weighted by molar-refractivity contribution is 5.90. The van der Waals surface area contributed by atoms with Crippen molar-refractivity contribution in [1.29, 1.82) is 0 Å². The minimum atomic E-state index is -0.780. The van der Waals surface area contributed by atoms with Gasteiger partial charge in [-0.25, -0.2) is 0 Å². The van der Waals surface area contributed by atoms with Crippen molar-refractivity contribution in [3.05, 3.63) is 65.2 Å². The van der Waals surface area contributed by atoms with Crippen molar-refractivity contribution in [2.75, 3.05) is 38.2 Å². The molecule has 0 unspecified atom stereocenters. The molecule has 0 bridgehead atoms. The number of benzene rings is 2. The Bertz CT molecular complexity index is 1170. The Morgan fingerprint density at radius 1 is 0.860 bits per heavy atom. The number of nitrogens with one attached hydrogen (secondary N) is 1. The van der Waals surface area contributed by atoms with E-state index in [2.05, 4.69) is 10.2 Å². The van der Waals surface area contributed by atoms with Crippen LogP contribution in [0.15, 0.2) is 48.5 Å². The monoisotopic (exact) mass is 596 g/mol. The molecule has 10 heteroatoms. The first kappa shape index (κ1) is 31.6. The third kappa shape index (κ3) is 9.07. The Morgan fingerprint density at radius 2 is 1.51 bits per heavy atom. The van der Waals surface area contributed by atoms with Crippen molar-refractivity contribution < 1.29 is 38.7 Å². The number of hydrogen-bond acceptors (Lipinski definition) is 8. The minimum absolute atomic E-state index is 0.000274. The van der Waals surface area contributed by atoms with Crippen LogP contribution in [0, 0.1) is 0 Å². The second-order valence-electron chi connectivity index (χ2n) is 11.7. The van der Waals surface area contributed by atoms with Crippen LogP contribution in [0.25, 0.3) is 0 Å². The lowest BCUT2D eigenvalue weighted by Crippen LogP contribution is -2.48. The number of carbonyl (C=O) groups is 2. The van der Waals surface area contributed by atoms with E-state index in [1.165, 1.54) is 0 Å². The number of ether oxygens (including phenoxy) is 4. The van der Waals surface area contributed by atoms with E-state index in [1.54, 1.807) is 0 Å². The quantitative estimate of drug-likeness (QED) is 0.276. The molecule has 2 aromatic rings. The fourth-order valence-corrected chi connectivity index (χ4v) is 6.05. The zero-order chi connectivity index (χ0) is 30.1. The molecule has 0 radical (unpaired) electrons. The molecular weight excluding hydrogens is 552 g/mol. The predicted octanol–water partition coefficient (Wildman–Crippen LogP) is 4.93. The summed E-state index contributed by atoms with van der Waals surface area (Å²) in [5.74, 6) is -1.25. The molecule has 3 saturated heterocycles. The van der Waals surface area contributed by atoms with Crippen LogP contribution >= 0.6 is 0 Å². The lowest BCUT2D eigenvalue weighted by molar-refractivity contribution is -0.255. The summed E-state index contributed by atoms with van der Waals surface area (Å²) in [6.07, 6.45) is 5.24. The van der Waals surface area contributed by atoms with E-state index in [0.717, 1.165) is 68.4 Å². The summed E-state index contributed by atoms with van der Waals surface area (Å²) in [4.78, 5) is 25.4. The highest BCUT2D eigenvalue weighted by Gasteiger charge is 2.41. The molecule has 3 aliphatic rings. The van der Waals surface area contributed by atoms with E-state index in [0.29, 0.717) is 38.2 Å². The van der Waals surface area contributed by atoms with Crippen molar-refractivity contribution in [3.63, 3.8) is 0 Å². The number of unbranched alkanes of at least 4 members (excludes halogenated alkanes) is 3. The summed E-state index contributed by atoms with van der Waals surface area (Å²) in [5.41, 5.74) is 3.50. The number of aliphatic carboxylic acids is 1. The minimum Gasteiger partial charge on any atom is -0.481 e. The smallest absolute Gasteiger partial charge is 0.303 e. The van der Waals surface area contributed by atoms with Crippen molar-refractivity contribution >= 4 is 17.6 Å². The number of carbonyl (C=O) groups excluding carboxylic acids is 1. The average Bonchev–Trinajstić information content (AvgIpc) is 3.48. The van der Waals surface area contributed by atoms with Gasteiger partial charge in [0.2, 0.25) is 5.91 Å². The Labute approximate surface area is 253 Å². The van der Waals surface area contributed by atoms with Crippen molar-refractivity contribution in [2.24, 2.45) is 0 Å². The summed E-state index contributed by atoms with van der Waals surface area (Å²) in [6.45, 7) is 3.89. The summed E-state index contributed by atoms with van der Waals surface area (Å²) in [6, 6.07) is 15.5. The molecule has 1 amide bonds. The fourth-order valence-electron chi connectivity index (χ4n) is 6.05. The first-order valence-corrected chi connectivity index (χ1v) is 15.5. The highest BCUT2D eigenvalue weighted by Crippen LogP contribution is 2.39. The van der Waals surface area contributed by atoms with Crippen LogP contribution in [0.3, 0.4) is 0 Å². The highest BCUT2D eigenvalue weighted by atomic mass is 16.7. The van der Waals surface area contributed by atoms with Gasteiger partial charge >= 0.3 is 5.97 Å². The molecule has 0 aliphatic carbocycles. The molecule has 3 atom stereocenters. The van der Waals surface area contributed by atoms with E-state index in [4.69, 9.17) is 24.1 Å². The zero-order valence-electron chi connectivity index (χ0n) is 24.7. The first-order chi connectivity index (χ1) is 20.9. The molecule has 43 heavy (non-hydrogen) atoms. The van der Waals surface area contributed by atoms with E-state index in [-0.39, 0.29) is 31.1 Å². The maximum Gasteiger partial charge on any atom is 0.303 e. The molecule has 2 aromatic carbocycles. The molecule has 0 saturated carbocycles. The molecule has 5 rings (SSSR count). The van der Waals surface area contributed by atoms with Crippen LogP contribution in [0.2, 0.25) is 0 Å². The van der Waals surface area contributed by atoms with E-state index < -0.39 is 18.0 Å². The number of aliphatic hydroxyl groups is 1. The van der Waals surface area contributed by atoms with Gasteiger partial charge in [0, 0.05) is 63.0 Å². The van der Waals surface area contributed by atoms with Crippen molar-refractivity contribution in [1.82, 2.24) is 4.90 Å². The molecular formula is C33H44N2O8. The third-order valence-electron chi connectivity index (χ3n) is 8.52. The molecule has 3 heterocycles. The molecule has 234 valence electrons. The van der Waals surface area contributed by atoms with Gasteiger partial charge in [-0.05, 0) is 36.1 Å². The number of piperidine rings is 1. The van der Waals surface area contributed by atoms with Crippen LogP contribution in [-0.2, 0) is 35.1 Å². The topological polar surface area (TPSA) is 127 Å². The molecule has 10 nitrogen and oxygen atoms in total. The van der Waals surface area contributed by atoms with Gasteiger partial charge in [-0.1, -0.05) is 49.2 Å². The fraction of sp³-hybridized carbons (Fsp3) is 0.576. The summed E-state index contributed by atoms with van der Waals surface area (Å²) in [7, 11) is 0. The molecule has 3 N–H and O–H groups in total. The van der Waals surface area contributed by atoms with Crippen LogP contribution in [0.4, 0.5) is 5.69 Å². The Morgan fingerprint density at radius 3 is 2.16 bits per heavy atom. The van der Waals surface area contributed by atoms with Gasteiger partial charge < -0.3 is 39.4 Å². The van der Waals surface area contributed by atoms with Crippen LogP contribution in [0.1, 0.15) is 86.9 Å². The number of likely N-dealkylation sites (tertiary alicyclic amines) is 1. The molecule has 3 fully saturated rings. The van der Waals surface area contributed by atoms with Gasteiger partial charge in [-0.3, -0.25) is 9.59 Å². The van der Waals surface area contributed by atoms with Crippen LogP contribution in [-0.4, -0.2) is 71.7 Å². The average molecular weight is 597 g/mol. The number of hydrogen-bond donors (Lipinski definition) is 3. The SMILES string of the molecule is O=C(O)CCCCCCC(=O)Nc1ccc([C@@H]2O[C@H](CN3CCC4(CC3)OCCO4)C[C@H](c3ccc(CO)cc3)O2)cc1. The number of nitrogens with zero attached hydrogens (tertiary/aromatic N) is 1. The third-order valence-corrected chi connectivity index (χ3v) is 8.52. The number of rotatable bonds is 13. The Hall–Kier alpha value is -2.86. The van der Waals surface area contributed by atoms with E-state index in [9.17, 15) is 14.7 Å². The van der Waals surface area contributed by atoms with Crippen molar-refractivity contribution in [3.8, 4) is 0 Å². The van der Waals surface area contributed by atoms with E-state index >= 15 is 0 Å². The standard InChI is InChI=1S/C33H44N2O8/c36-23-24-7-9-25(10-8-24)29-21-28(22-35-17-15-33(16-18-35)40-19-20-41-33)42-32(43-29)26-11-13-27(14-12-26)34-30(37)5-3-1-2-4-6-31(38)39/h7-14,28-29,32,36H,1-6,15-23H2,(H,34,37)(H,38,39)/t28-,29+,32+/m0/s1. The van der Waals surface area contributed by atoms with Gasteiger partial charge in [-0.15, -0.1) is 0 Å². The second kappa shape index (κ2) is 15.2. The summed E-state index contributed by atoms with van der Waals surface area (Å²) >= 11 is 0. The number of carboxylic acids is 1. The number of carboxylic acid groups (broad SMARTS) is 1. The van der Waals surface area contributed by atoms with Crippen LogP contribution in [0.5, 0.6) is 0 Å². The number of aliphatic hydroxyl groups excluding tert-OH is 1. The summed E-state index contributed by atoms with van der Waals surface area (Å²) < 4.78 is 24.8. The van der Waals surface area contributed by atoms with E-state index in [1.807, 2.05) is 48.5 Å². The lowest BCUT2D eigenvalue weighted by Gasteiger charge is -2.41. The maximum atomic E-state index is 12.4. The molecule has 1 spiro atoms. The molecule has 0 aromatic heterocycles. The van der Waals surface area contributed by atoms with Crippen molar-refractivity contribution in [2.45, 2.75) is 88.7 Å². The zero-order valence-corrected chi connectivity index (χ0v) is 24.7.